The lowest BCUT2D eigenvalue weighted by Crippen LogP contribution is -2.15. The maximum atomic E-state index is 11.4. The molecule has 106 valence electrons. The zero-order valence-corrected chi connectivity index (χ0v) is 11.2. The van der Waals surface area contributed by atoms with Crippen molar-refractivity contribution < 1.29 is 4.79 Å². The van der Waals surface area contributed by atoms with Gasteiger partial charge in [0.15, 0.2) is 5.65 Å². The molecule has 0 radical (unpaired) electrons. The Bertz CT molecular complexity index is 796. The highest BCUT2D eigenvalue weighted by molar-refractivity contribution is 6.02. The van der Waals surface area contributed by atoms with E-state index in [1.165, 1.54) is 5.56 Å². The Morgan fingerprint density at radius 2 is 1.95 bits per heavy atom. The van der Waals surface area contributed by atoms with Crippen LogP contribution in [-0.4, -0.2) is 25.7 Å². The fraction of sp³-hybridized carbons (Fsp3) is 0.143. The van der Waals surface area contributed by atoms with Crippen molar-refractivity contribution in [3.63, 3.8) is 0 Å². The van der Waals surface area contributed by atoms with Gasteiger partial charge in [-0.05, 0) is 12.0 Å². The van der Waals surface area contributed by atoms with Gasteiger partial charge < -0.3 is 11.5 Å². The standard InChI is InChI=1S/C14H14N6O/c15-12(21)11-10-8-20(19-13(10)18-14(16)17-11)7-6-9-4-2-1-3-5-9/h1-5,8H,6-7H2,(H2,15,21)(H2,16,18,19). The molecule has 0 aliphatic carbocycles. The number of hydrogen-bond donors (Lipinski definition) is 2. The van der Waals surface area contributed by atoms with Gasteiger partial charge in [0.1, 0.15) is 5.69 Å². The number of aromatic nitrogens is 4. The summed E-state index contributed by atoms with van der Waals surface area (Å²) in [6.45, 7) is 0.665. The van der Waals surface area contributed by atoms with Crippen molar-refractivity contribution in [1.29, 1.82) is 0 Å². The summed E-state index contributed by atoms with van der Waals surface area (Å²) < 4.78 is 1.72. The van der Waals surface area contributed by atoms with Crippen LogP contribution in [-0.2, 0) is 13.0 Å². The number of hydrogen-bond acceptors (Lipinski definition) is 5. The van der Waals surface area contributed by atoms with E-state index < -0.39 is 5.91 Å². The van der Waals surface area contributed by atoms with Gasteiger partial charge in [0.25, 0.3) is 5.91 Å². The third-order valence-corrected chi connectivity index (χ3v) is 3.15. The van der Waals surface area contributed by atoms with Gasteiger partial charge in [0.2, 0.25) is 5.95 Å². The van der Waals surface area contributed by atoms with Gasteiger partial charge >= 0.3 is 0 Å². The second kappa shape index (κ2) is 5.20. The van der Waals surface area contributed by atoms with Gasteiger partial charge in [-0.2, -0.15) is 10.1 Å². The van der Waals surface area contributed by atoms with E-state index in [1.807, 2.05) is 18.2 Å². The molecule has 0 fully saturated rings. The van der Waals surface area contributed by atoms with Crippen molar-refractivity contribution in [2.45, 2.75) is 13.0 Å². The van der Waals surface area contributed by atoms with E-state index in [1.54, 1.807) is 10.9 Å². The summed E-state index contributed by atoms with van der Waals surface area (Å²) >= 11 is 0. The van der Waals surface area contributed by atoms with Crippen LogP contribution in [0.25, 0.3) is 11.0 Å². The molecule has 2 heterocycles. The van der Waals surface area contributed by atoms with Crippen LogP contribution in [0.5, 0.6) is 0 Å². The number of carbonyl (C=O) groups is 1. The van der Waals surface area contributed by atoms with Crippen molar-refractivity contribution >= 4 is 22.9 Å². The number of anilines is 1. The van der Waals surface area contributed by atoms with Gasteiger partial charge in [-0.3, -0.25) is 9.48 Å². The minimum absolute atomic E-state index is 0.00962. The third-order valence-electron chi connectivity index (χ3n) is 3.15. The molecular weight excluding hydrogens is 268 g/mol. The smallest absolute Gasteiger partial charge is 0.268 e. The second-order valence-electron chi connectivity index (χ2n) is 4.66. The van der Waals surface area contributed by atoms with Crippen molar-refractivity contribution in [2.75, 3.05) is 5.73 Å². The molecule has 0 saturated carbocycles. The lowest BCUT2D eigenvalue weighted by atomic mass is 10.1. The van der Waals surface area contributed by atoms with Gasteiger partial charge in [-0.25, -0.2) is 4.98 Å². The molecule has 7 heteroatoms. The number of aryl methyl sites for hydroxylation is 2. The van der Waals surface area contributed by atoms with E-state index in [4.69, 9.17) is 11.5 Å². The summed E-state index contributed by atoms with van der Waals surface area (Å²) in [6, 6.07) is 10.1. The largest absolute Gasteiger partial charge is 0.368 e. The fourth-order valence-electron chi connectivity index (χ4n) is 2.16. The summed E-state index contributed by atoms with van der Waals surface area (Å²) in [5, 5.41) is 4.83. The van der Waals surface area contributed by atoms with E-state index in [9.17, 15) is 4.79 Å². The van der Waals surface area contributed by atoms with Gasteiger partial charge in [-0.1, -0.05) is 30.3 Å². The summed E-state index contributed by atoms with van der Waals surface area (Å²) in [7, 11) is 0. The maximum Gasteiger partial charge on any atom is 0.268 e. The third kappa shape index (κ3) is 2.66. The predicted molar refractivity (Wildman–Crippen MR) is 78.4 cm³/mol. The average molecular weight is 282 g/mol. The van der Waals surface area contributed by atoms with Crippen LogP contribution in [0.3, 0.4) is 0 Å². The van der Waals surface area contributed by atoms with Crippen molar-refractivity contribution in [1.82, 2.24) is 19.7 Å². The molecule has 0 spiro atoms. The molecule has 0 saturated heterocycles. The molecule has 3 aromatic rings. The number of nitrogens with zero attached hydrogens (tertiary/aromatic N) is 4. The Kier molecular flexibility index (Phi) is 3.23. The fourth-order valence-corrected chi connectivity index (χ4v) is 2.16. The van der Waals surface area contributed by atoms with Crippen molar-refractivity contribution in [2.24, 2.45) is 5.73 Å². The van der Waals surface area contributed by atoms with E-state index in [0.29, 0.717) is 17.6 Å². The first kappa shape index (κ1) is 13.0. The number of primary amides is 1. The van der Waals surface area contributed by atoms with Gasteiger partial charge in [0.05, 0.1) is 5.39 Å². The quantitative estimate of drug-likeness (QED) is 0.733. The van der Waals surface area contributed by atoms with Crippen molar-refractivity contribution in [3.05, 3.63) is 47.8 Å². The summed E-state index contributed by atoms with van der Waals surface area (Å²) in [5.74, 6) is -0.652. The Balaban J connectivity index is 1.90. The molecule has 0 aliphatic rings. The molecule has 0 unspecified atom stereocenters. The first-order valence-electron chi connectivity index (χ1n) is 6.48. The second-order valence-corrected chi connectivity index (χ2v) is 4.66. The lowest BCUT2D eigenvalue weighted by molar-refractivity contribution is 0.0997. The van der Waals surface area contributed by atoms with Crippen LogP contribution in [0.1, 0.15) is 16.1 Å². The van der Waals surface area contributed by atoms with E-state index in [-0.39, 0.29) is 11.6 Å². The molecule has 7 nitrogen and oxygen atoms in total. The number of nitrogens with two attached hydrogens (primary N) is 2. The SMILES string of the molecule is NC(=O)c1nc(N)nc2nn(CCc3ccccc3)cc12. The summed E-state index contributed by atoms with van der Waals surface area (Å²) in [6.07, 6.45) is 2.54. The van der Waals surface area contributed by atoms with Crippen LogP contribution in [0, 0.1) is 0 Å². The van der Waals surface area contributed by atoms with Crippen LogP contribution in [0.2, 0.25) is 0 Å². The van der Waals surface area contributed by atoms with E-state index in [0.717, 1.165) is 6.42 Å². The number of nitrogen functional groups attached to an aromatic ring is 1. The maximum absolute atomic E-state index is 11.4. The van der Waals surface area contributed by atoms with Gasteiger partial charge in [0, 0.05) is 12.7 Å². The summed E-state index contributed by atoms with van der Waals surface area (Å²) in [5.41, 5.74) is 12.5. The van der Waals surface area contributed by atoms with E-state index >= 15 is 0 Å². The normalized spacial score (nSPS) is 10.9. The highest BCUT2D eigenvalue weighted by Gasteiger charge is 2.14. The minimum atomic E-state index is -0.642. The molecular formula is C14H14N6O. The highest BCUT2D eigenvalue weighted by Crippen LogP contribution is 2.15. The van der Waals surface area contributed by atoms with E-state index in [2.05, 4.69) is 27.2 Å². The zero-order chi connectivity index (χ0) is 14.8. The predicted octanol–water partition coefficient (Wildman–Crippen LogP) is 0.750. The van der Waals surface area contributed by atoms with Crippen LogP contribution >= 0.6 is 0 Å². The Labute approximate surface area is 120 Å². The molecule has 4 N–H and O–H groups in total. The number of amides is 1. The molecule has 1 aromatic carbocycles. The Morgan fingerprint density at radius 3 is 2.67 bits per heavy atom. The highest BCUT2D eigenvalue weighted by atomic mass is 16.1. The van der Waals surface area contributed by atoms with Crippen LogP contribution < -0.4 is 11.5 Å². The Morgan fingerprint density at radius 1 is 1.19 bits per heavy atom. The monoisotopic (exact) mass is 282 g/mol. The molecule has 0 aliphatic heterocycles. The number of benzene rings is 1. The molecule has 3 rings (SSSR count). The number of rotatable bonds is 4. The van der Waals surface area contributed by atoms with Crippen LogP contribution in [0.4, 0.5) is 5.95 Å². The molecule has 2 aromatic heterocycles. The molecule has 1 amide bonds. The minimum Gasteiger partial charge on any atom is -0.368 e. The zero-order valence-electron chi connectivity index (χ0n) is 11.2. The molecule has 0 atom stereocenters. The first-order chi connectivity index (χ1) is 10.1. The van der Waals surface area contributed by atoms with Gasteiger partial charge in [-0.15, -0.1) is 0 Å². The van der Waals surface area contributed by atoms with Crippen molar-refractivity contribution in [3.8, 4) is 0 Å². The Hall–Kier alpha value is -2.96. The van der Waals surface area contributed by atoms with Crippen LogP contribution in [0.15, 0.2) is 36.5 Å². The first-order valence-corrected chi connectivity index (χ1v) is 6.48. The average Bonchev–Trinajstić information content (AvgIpc) is 2.87. The summed E-state index contributed by atoms with van der Waals surface area (Å²) in [4.78, 5) is 19.3. The number of carbonyl (C=O) groups excluding carboxylic acids is 1. The molecule has 21 heavy (non-hydrogen) atoms. The lowest BCUT2D eigenvalue weighted by Gasteiger charge is -2.00. The topological polar surface area (TPSA) is 113 Å². The number of fused-ring (bicyclic) bond motifs is 1. The molecule has 0 bridgehead atoms.